The molecular weight excluding hydrogens is 498 g/mol. The third kappa shape index (κ3) is 5.72. The second-order valence-corrected chi connectivity index (χ2v) is 12.5. The van der Waals surface area contributed by atoms with Crippen LogP contribution in [0.2, 0.25) is 0 Å². The second-order valence-electron chi connectivity index (χ2n) is 8.40. The molecule has 1 fully saturated rings. The number of piperidine rings is 1. The van der Waals surface area contributed by atoms with Gasteiger partial charge >= 0.3 is 5.97 Å². The number of aryl methyl sites for hydroxylation is 1. The summed E-state index contributed by atoms with van der Waals surface area (Å²) in [4.78, 5) is 12.3. The summed E-state index contributed by atoms with van der Waals surface area (Å²) >= 11 is 5.13. The Bertz CT molecular complexity index is 1020. The molecule has 1 N–H and O–H groups in total. The van der Waals surface area contributed by atoms with E-state index in [9.17, 15) is 18.3 Å². The lowest BCUT2D eigenvalue weighted by Gasteiger charge is -2.42. The molecule has 0 saturated carbocycles. The van der Waals surface area contributed by atoms with Gasteiger partial charge in [0.15, 0.2) is 0 Å². The minimum Gasteiger partial charge on any atom is -0.481 e. The Kier molecular flexibility index (Phi) is 7.89. The van der Waals surface area contributed by atoms with Crippen LogP contribution in [0.1, 0.15) is 37.4 Å². The number of carbonyl (C=O) groups is 1. The van der Waals surface area contributed by atoms with Gasteiger partial charge in [0, 0.05) is 16.3 Å². The maximum Gasteiger partial charge on any atom is 0.308 e. The number of thioether (sulfide) groups is 1. The minimum atomic E-state index is -3.86. The van der Waals surface area contributed by atoms with Crippen LogP contribution in [-0.2, 0) is 14.8 Å². The first-order chi connectivity index (χ1) is 14.6. The second kappa shape index (κ2) is 10.1. The lowest BCUT2D eigenvalue weighted by Crippen LogP contribution is -2.49. The van der Waals surface area contributed by atoms with Crippen molar-refractivity contribution in [3.05, 3.63) is 64.1 Å². The molecule has 2 aromatic carbocycles. The molecule has 1 heterocycles. The van der Waals surface area contributed by atoms with Crippen LogP contribution >= 0.6 is 27.7 Å². The van der Waals surface area contributed by atoms with E-state index in [1.54, 1.807) is 36.0 Å². The summed E-state index contributed by atoms with van der Waals surface area (Å²) < 4.78 is 29.5. The third-order valence-corrected chi connectivity index (χ3v) is 9.64. The molecule has 2 aromatic rings. The molecule has 168 valence electrons. The third-order valence-electron chi connectivity index (χ3n) is 5.45. The van der Waals surface area contributed by atoms with Crippen molar-refractivity contribution >= 4 is 43.7 Å². The molecule has 5 nitrogen and oxygen atoms in total. The van der Waals surface area contributed by atoms with E-state index in [4.69, 9.17) is 0 Å². The van der Waals surface area contributed by atoms with E-state index >= 15 is 0 Å². The summed E-state index contributed by atoms with van der Waals surface area (Å²) in [5.74, 6) is -0.437. The maximum atomic E-state index is 13.6. The topological polar surface area (TPSA) is 74.7 Å². The van der Waals surface area contributed by atoms with Crippen LogP contribution in [-0.4, -0.2) is 41.3 Å². The van der Waals surface area contributed by atoms with Gasteiger partial charge in [-0.15, -0.1) is 0 Å². The fourth-order valence-corrected chi connectivity index (χ4v) is 7.26. The van der Waals surface area contributed by atoms with Crippen LogP contribution in [0.25, 0.3) is 0 Å². The van der Waals surface area contributed by atoms with E-state index in [1.165, 1.54) is 4.31 Å². The predicted octanol–water partition coefficient (Wildman–Crippen LogP) is 5.35. The van der Waals surface area contributed by atoms with Gasteiger partial charge in [0.2, 0.25) is 10.0 Å². The first kappa shape index (κ1) is 24.3. The van der Waals surface area contributed by atoms with Crippen molar-refractivity contribution in [1.82, 2.24) is 4.31 Å². The molecule has 0 unspecified atom stereocenters. The Balaban J connectivity index is 2.05. The molecule has 0 aromatic heterocycles. The highest BCUT2D eigenvalue weighted by Gasteiger charge is 2.45. The van der Waals surface area contributed by atoms with Crippen LogP contribution in [0.15, 0.2) is 57.9 Å². The zero-order valence-electron chi connectivity index (χ0n) is 17.9. The summed E-state index contributed by atoms with van der Waals surface area (Å²) in [5, 5.41) is 9.76. The molecule has 3 rings (SSSR count). The molecule has 0 amide bonds. The van der Waals surface area contributed by atoms with Gasteiger partial charge in [-0.1, -0.05) is 59.6 Å². The average molecular weight is 527 g/mol. The number of hydrogen-bond donors (Lipinski definition) is 1. The largest absolute Gasteiger partial charge is 0.481 e. The monoisotopic (exact) mass is 525 g/mol. The zero-order valence-corrected chi connectivity index (χ0v) is 21.1. The SMILES string of the molecule is Cc1ccc(S(=O)(=O)N2C[C@@H](C(=O)O)[C@H](SCC(C)C)C[C@H]2c2cccc(Br)c2)cc1. The van der Waals surface area contributed by atoms with Gasteiger partial charge in [-0.25, -0.2) is 8.42 Å². The van der Waals surface area contributed by atoms with E-state index in [0.717, 1.165) is 21.4 Å². The van der Waals surface area contributed by atoms with Crippen molar-refractivity contribution in [3.8, 4) is 0 Å². The van der Waals surface area contributed by atoms with Crippen LogP contribution in [0, 0.1) is 18.8 Å². The van der Waals surface area contributed by atoms with Crippen LogP contribution < -0.4 is 0 Å². The highest BCUT2D eigenvalue weighted by molar-refractivity contribution is 9.10. The molecule has 0 aliphatic carbocycles. The fraction of sp³-hybridized carbons (Fsp3) is 0.435. The van der Waals surface area contributed by atoms with Crippen molar-refractivity contribution in [2.75, 3.05) is 12.3 Å². The molecule has 8 heteroatoms. The first-order valence-electron chi connectivity index (χ1n) is 10.3. The molecule has 1 aliphatic heterocycles. The number of benzene rings is 2. The molecule has 0 radical (unpaired) electrons. The van der Waals surface area contributed by atoms with Gasteiger partial charge in [-0.05, 0) is 54.8 Å². The molecule has 3 atom stereocenters. The number of halogens is 1. The molecular formula is C23H28BrNO4S2. The molecule has 31 heavy (non-hydrogen) atoms. The Labute approximate surface area is 197 Å². The summed E-state index contributed by atoms with van der Waals surface area (Å²) in [7, 11) is -3.86. The van der Waals surface area contributed by atoms with Crippen LogP contribution in [0.4, 0.5) is 0 Å². The van der Waals surface area contributed by atoms with E-state index in [-0.39, 0.29) is 16.7 Å². The highest BCUT2D eigenvalue weighted by atomic mass is 79.9. The summed E-state index contributed by atoms with van der Waals surface area (Å²) in [5.41, 5.74) is 1.83. The van der Waals surface area contributed by atoms with E-state index in [2.05, 4.69) is 29.8 Å². The number of aliphatic carboxylic acids is 1. The molecule has 1 aliphatic rings. The van der Waals surface area contributed by atoms with Crippen LogP contribution in [0.3, 0.4) is 0 Å². The van der Waals surface area contributed by atoms with Gasteiger partial charge in [0.05, 0.1) is 16.9 Å². The molecule has 1 saturated heterocycles. The minimum absolute atomic E-state index is 0.0432. The van der Waals surface area contributed by atoms with Gasteiger partial charge in [0.1, 0.15) is 0 Å². The van der Waals surface area contributed by atoms with Gasteiger partial charge in [-0.3, -0.25) is 4.79 Å². The van der Waals surface area contributed by atoms with Crippen molar-refractivity contribution in [2.24, 2.45) is 11.8 Å². The number of hydrogen-bond acceptors (Lipinski definition) is 4. The summed E-state index contributed by atoms with van der Waals surface area (Å²) in [6.07, 6.45) is 0.454. The number of sulfonamides is 1. The normalized spacial score (nSPS) is 22.5. The lowest BCUT2D eigenvalue weighted by molar-refractivity contribution is -0.143. The zero-order chi connectivity index (χ0) is 22.8. The van der Waals surface area contributed by atoms with Gasteiger partial charge in [-0.2, -0.15) is 16.1 Å². The van der Waals surface area contributed by atoms with Crippen LogP contribution in [0.5, 0.6) is 0 Å². The number of carboxylic acids is 1. The predicted molar refractivity (Wildman–Crippen MR) is 129 cm³/mol. The summed E-state index contributed by atoms with van der Waals surface area (Å²) in [6, 6.07) is 13.9. The van der Waals surface area contributed by atoms with Crippen molar-refractivity contribution in [2.45, 2.75) is 43.4 Å². The van der Waals surface area contributed by atoms with Gasteiger partial charge < -0.3 is 5.11 Å². The van der Waals surface area contributed by atoms with Gasteiger partial charge in [0.25, 0.3) is 0 Å². The van der Waals surface area contributed by atoms with Crippen molar-refractivity contribution in [3.63, 3.8) is 0 Å². The fourth-order valence-electron chi connectivity index (χ4n) is 3.81. The molecule has 0 bridgehead atoms. The average Bonchev–Trinajstić information content (AvgIpc) is 2.71. The smallest absolute Gasteiger partial charge is 0.308 e. The Morgan fingerprint density at radius 3 is 2.48 bits per heavy atom. The maximum absolute atomic E-state index is 13.6. The molecule has 0 spiro atoms. The number of carboxylic acid groups (broad SMARTS) is 1. The Morgan fingerprint density at radius 2 is 1.90 bits per heavy atom. The van der Waals surface area contributed by atoms with Crippen molar-refractivity contribution in [1.29, 1.82) is 0 Å². The lowest BCUT2D eigenvalue weighted by atomic mass is 9.90. The quantitative estimate of drug-likeness (QED) is 0.527. The Morgan fingerprint density at radius 1 is 1.23 bits per heavy atom. The van der Waals surface area contributed by atoms with E-state index in [0.29, 0.717) is 12.3 Å². The summed E-state index contributed by atoms with van der Waals surface area (Å²) in [6.45, 7) is 6.06. The standard InChI is InChI=1S/C23H28BrNO4S2/c1-15(2)14-30-22-12-21(17-5-4-6-18(24)11-17)25(13-20(22)23(26)27)31(28,29)19-9-7-16(3)8-10-19/h4-11,15,20-22H,12-14H2,1-3H3,(H,26,27)/t20-,21+,22-/m1/s1. The number of rotatable bonds is 7. The first-order valence-corrected chi connectivity index (χ1v) is 13.6. The highest BCUT2D eigenvalue weighted by Crippen LogP contribution is 2.43. The van der Waals surface area contributed by atoms with E-state index < -0.39 is 28.0 Å². The number of nitrogens with zero attached hydrogens (tertiary/aromatic N) is 1. The van der Waals surface area contributed by atoms with Crippen molar-refractivity contribution < 1.29 is 18.3 Å². The van der Waals surface area contributed by atoms with E-state index in [1.807, 2.05) is 31.2 Å². The Hall–Kier alpha value is -1.35.